The third-order valence-electron chi connectivity index (χ3n) is 5.24. The monoisotopic (exact) mass is 464 g/mol. The van der Waals surface area contributed by atoms with E-state index < -0.39 is 5.97 Å². The van der Waals surface area contributed by atoms with Crippen LogP contribution in [0.1, 0.15) is 74.0 Å². The predicted octanol–water partition coefficient (Wildman–Crippen LogP) is 3.40. The van der Waals surface area contributed by atoms with Gasteiger partial charge in [-0.15, -0.1) is 0 Å². The number of aliphatic imine (C=N–C) groups is 1. The first-order valence-corrected chi connectivity index (χ1v) is 11.6. The number of ether oxygens (including phenoxy) is 1. The first kappa shape index (κ1) is 27.6. The fraction of sp³-hybridized carbons (Fsp3) is 0.609. The molecule has 178 valence electrons. The van der Waals surface area contributed by atoms with Crippen LogP contribution in [-0.2, 0) is 28.9 Å². The van der Waals surface area contributed by atoms with E-state index in [1.165, 1.54) is 25.5 Å². The number of methoxy groups -OCH3 is 1. The van der Waals surface area contributed by atoms with Crippen LogP contribution in [0, 0.1) is 11.3 Å². The zero-order valence-electron chi connectivity index (χ0n) is 19.4. The van der Waals surface area contributed by atoms with E-state index in [9.17, 15) is 14.4 Å². The standard InChI is InChI=1S/C18H28N2O2S.C5H8N2O2/c1-13(2)9-10-20-16-8-6-4-3-5-7-14(16)11-15(18(20)22)17(21)19-12-23;1-7-4(6)3-5(8)9-2/h11,13,23H,3-10,12H2,1-2H3,(H,19,21);6H,1,3H2,2H3. The zero-order chi connectivity index (χ0) is 24.1. The number of esters is 1. The van der Waals surface area contributed by atoms with Gasteiger partial charge in [0.25, 0.3) is 11.5 Å². The zero-order valence-corrected chi connectivity index (χ0v) is 20.3. The van der Waals surface area contributed by atoms with Crippen LogP contribution in [0.4, 0.5) is 0 Å². The molecule has 9 heteroatoms. The highest BCUT2D eigenvalue weighted by molar-refractivity contribution is 7.80. The van der Waals surface area contributed by atoms with E-state index in [1.807, 2.05) is 10.6 Å². The Morgan fingerprint density at radius 2 is 1.94 bits per heavy atom. The molecule has 2 rings (SSSR count). The van der Waals surface area contributed by atoms with E-state index in [-0.39, 0.29) is 35.2 Å². The maximum atomic E-state index is 12.8. The van der Waals surface area contributed by atoms with Crippen LogP contribution in [0.5, 0.6) is 0 Å². The molecule has 1 aromatic heterocycles. The maximum absolute atomic E-state index is 12.8. The molecule has 2 N–H and O–H groups in total. The van der Waals surface area contributed by atoms with Crippen molar-refractivity contribution in [2.45, 2.75) is 71.8 Å². The molecule has 1 aromatic rings. The van der Waals surface area contributed by atoms with Gasteiger partial charge in [-0.3, -0.25) is 19.8 Å². The quantitative estimate of drug-likeness (QED) is 0.189. The highest BCUT2D eigenvalue weighted by Gasteiger charge is 2.19. The van der Waals surface area contributed by atoms with Gasteiger partial charge in [0, 0.05) is 12.2 Å². The van der Waals surface area contributed by atoms with E-state index in [4.69, 9.17) is 5.41 Å². The van der Waals surface area contributed by atoms with E-state index in [2.05, 4.69) is 48.2 Å². The van der Waals surface area contributed by atoms with E-state index in [0.717, 1.165) is 37.8 Å². The first-order valence-electron chi connectivity index (χ1n) is 11.0. The summed E-state index contributed by atoms with van der Waals surface area (Å²) in [5.74, 6) is -0.0788. The number of amides is 1. The number of fused-ring (bicyclic) bond motifs is 1. The van der Waals surface area contributed by atoms with Crippen molar-refractivity contribution in [3.8, 4) is 0 Å². The summed E-state index contributed by atoms with van der Waals surface area (Å²) < 4.78 is 6.12. The molecule has 32 heavy (non-hydrogen) atoms. The number of carbonyl (C=O) groups is 2. The predicted molar refractivity (Wildman–Crippen MR) is 131 cm³/mol. The van der Waals surface area contributed by atoms with Crippen molar-refractivity contribution in [2.24, 2.45) is 10.9 Å². The third-order valence-corrected chi connectivity index (χ3v) is 5.40. The SMILES string of the molecule is C=NC(=N)CC(=O)OC.CC(C)CCn1c2c(cc(C(=O)NCS)c1=O)CCCCCC2. The van der Waals surface area contributed by atoms with Crippen LogP contribution in [0.15, 0.2) is 15.9 Å². The average molecular weight is 465 g/mol. The van der Waals surface area contributed by atoms with Crippen LogP contribution < -0.4 is 10.9 Å². The van der Waals surface area contributed by atoms with Crippen molar-refractivity contribution in [2.75, 3.05) is 13.0 Å². The lowest BCUT2D eigenvalue weighted by atomic mass is 9.95. The molecule has 0 fully saturated rings. The van der Waals surface area contributed by atoms with Gasteiger partial charge >= 0.3 is 5.97 Å². The Morgan fingerprint density at radius 1 is 1.28 bits per heavy atom. The summed E-state index contributed by atoms with van der Waals surface area (Å²) in [5.41, 5.74) is 2.45. The van der Waals surface area contributed by atoms with E-state index in [0.29, 0.717) is 12.5 Å². The number of nitrogens with one attached hydrogen (secondary N) is 2. The Balaban J connectivity index is 0.000000482. The highest BCUT2D eigenvalue weighted by atomic mass is 32.1. The lowest BCUT2D eigenvalue weighted by Crippen LogP contribution is -2.35. The summed E-state index contributed by atoms with van der Waals surface area (Å²) in [6, 6.07) is 1.83. The van der Waals surface area contributed by atoms with Crippen molar-refractivity contribution in [1.29, 1.82) is 5.41 Å². The van der Waals surface area contributed by atoms with Crippen molar-refractivity contribution in [3.63, 3.8) is 0 Å². The molecule has 0 aromatic carbocycles. The summed E-state index contributed by atoms with van der Waals surface area (Å²) in [5, 5.41) is 9.48. The molecule has 1 aliphatic carbocycles. The molecule has 0 bridgehead atoms. The van der Waals surface area contributed by atoms with Crippen molar-refractivity contribution >= 4 is 37.1 Å². The van der Waals surface area contributed by atoms with Crippen LogP contribution >= 0.6 is 12.6 Å². The average Bonchev–Trinajstić information content (AvgIpc) is 2.74. The second-order valence-corrected chi connectivity index (χ2v) is 8.42. The van der Waals surface area contributed by atoms with Gasteiger partial charge in [0.1, 0.15) is 17.8 Å². The number of amidine groups is 1. The minimum absolute atomic E-state index is 0.0677. The molecular weight excluding hydrogens is 428 g/mol. The smallest absolute Gasteiger partial charge is 0.313 e. The molecule has 0 spiro atoms. The molecule has 0 radical (unpaired) electrons. The Bertz CT molecular complexity index is 864. The molecule has 0 atom stereocenters. The minimum atomic E-state index is -0.465. The summed E-state index contributed by atoms with van der Waals surface area (Å²) in [6.07, 6.45) is 7.45. The van der Waals surface area contributed by atoms with Crippen molar-refractivity contribution in [1.82, 2.24) is 9.88 Å². The summed E-state index contributed by atoms with van der Waals surface area (Å²) in [6.45, 7) is 8.08. The third kappa shape index (κ3) is 8.98. The number of hydrogen-bond acceptors (Lipinski definition) is 6. The van der Waals surface area contributed by atoms with Crippen LogP contribution in [0.3, 0.4) is 0 Å². The van der Waals surface area contributed by atoms with Gasteiger partial charge in [-0.05, 0) is 56.4 Å². The molecule has 1 amide bonds. The van der Waals surface area contributed by atoms with Crippen molar-refractivity contribution in [3.05, 3.63) is 33.2 Å². The van der Waals surface area contributed by atoms with Gasteiger partial charge in [0.15, 0.2) is 0 Å². The topological polar surface area (TPSA) is 114 Å². The molecule has 0 aliphatic heterocycles. The molecule has 1 aliphatic rings. The maximum Gasteiger partial charge on any atom is 0.313 e. The summed E-state index contributed by atoms with van der Waals surface area (Å²) in [7, 11) is 1.26. The second kappa shape index (κ2) is 14.6. The lowest BCUT2D eigenvalue weighted by molar-refractivity contribution is -0.139. The first-order chi connectivity index (χ1) is 15.2. The number of rotatable bonds is 7. The molecular formula is C23H36N4O4S. The minimum Gasteiger partial charge on any atom is -0.469 e. The van der Waals surface area contributed by atoms with Gasteiger partial charge in [0.2, 0.25) is 0 Å². The number of hydrogen-bond donors (Lipinski definition) is 3. The Kier molecular flexibility index (Phi) is 12.6. The highest BCUT2D eigenvalue weighted by Crippen LogP contribution is 2.21. The van der Waals surface area contributed by atoms with E-state index in [1.54, 1.807) is 0 Å². The van der Waals surface area contributed by atoms with Crippen LogP contribution in [0.2, 0.25) is 0 Å². The summed E-state index contributed by atoms with van der Waals surface area (Å²) in [4.78, 5) is 38.6. The Labute approximate surface area is 195 Å². The number of aromatic nitrogens is 1. The van der Waals surface area contributed by atoms with Gasteiger partial charge in [-0.1, -0.05) is 26.7 Å². The lowest BCUT2D eigenvalue weighted by Gasteiger charge is -2.21. The molecule has 0 saturated carbocycles. The van der Waals surface area contributed by atoms with Gasteiger partial charge in [-0.25, -0.2) is 4.99 Å². The molecule has 0 saturated heterocycles. The fourth-order valence-electron chi connectivity index (χ4n) is 3.45. The second-order valence-electron chi connectivity index (χ2n) is 8.11. The van der Waals surface area contributed by atoms with Crippen LogP contribution in [0.25, 0.3) is 0 Å². The number of carbonyl (C=O) groups excluding carboxylic acids is 2. The van der Waals surface area contributed by atoms with E-state index >= 15 is 0 Å². The molecule has 1 heterocycles. The van der Waals surface area contributed by atoms with Crippen molar-refractivity contribution < 1.29 is 14.3 Å². The van der Waals surface area contributed by atoms with Gasteiger partial charge in [-0.2, -0.15) is 12.6 Å². The summed E-state index contributed by atoms with van der Waals surface area (Å²) >= 11 is 4.03. The molecule has 0 unspecified atom stereocenters. The Hall–Kier alpha value is -2.42. The largest absolute Gasteiger partial charge is 0.469 e. The normalized spacial score (nSPS) is 13.0. The van der Waals surface area contributed by atoms with Gasteiger partial charge in [0.05, 0.1) is 13.0 Å². The Morgan fingerprint density at radius 3 is 2.50 bits per heavy atom. The number of nitrogens with zero attached hydrogens (tertiary/aromatic N) is 2. The van der Waals surface area contributed by atoms with Crippen LogP contribution in [-0.4, -0.2) is 42.0 Å². The fourth-order valence-corrected chi connectivity index (χ4v) is 3.60. The molecule has 8 nitrogen and oxygen atoms in total. The number of thiol groups is 1. The van der Waals surface area contributed by atoms with Gasteiger partial charge < -0.3 is 14.6 Å². The number of aryl methyl sites for hydroxylation is 1. The number of pyridine rings is 1.